The van der Waals surface area contributed by atoms with Crippen LogP contribution in [0.3, 0.4) is 0 Å². The van der Waals surface area contributed by atoms with E-state index in [1.165, 1.54) is 18.5 Å². The third-order valence-electron chi connectivity index (χ3n) is 5.59. The first kappa shape index (κ1) is 18.1. The SMILES string of the molecule is CC1CCN(c2ccc(CNC(=O)N3CCCC(CO)C3)cc2)CC1. The van der Waals surface area contributed by atoms with Crippen LogP contribution >= 0.6 is 0 Å². The number of carbonyl (C=O) groups is 1. The number of aliphatic hydroxyl groups excluding tert-OH is 1. The fraction of sp³-hybridized carbons (Fsp3) is 0.650. The van der Waals surface area contributed by atoms with Gasteiger partial charge in [0.05, 0.1) is 0 Å². The van der Waals surface area contributed by atoms with Crippen molar-refractivity contribution in [3.05, 3.63) is 29.8 Å². The highest BCUT2D eigenvalue weighted by Crippen LogP contribution is 2.23. The van der Waals surface area contributed by atoms with E-state index < -0.39 is 0 Å². The molecule has 1 atom stereocenters. The molecule has 25 heavy (non-hydrogen) atoms. The molecule has 0 spiro atoms. The molecule has 2 heterocycles. The van der Waals surface area contributed by atoms with E-state index in [-0.39, 0.29) is 18.6 Å². The summed E-state index contributed by atoms with van der Waals surface area (Å²) in [5.74, 6) is 1.07. The molecule has 2 amide bonds. The number of aliphatic hydroxyl groups is 1. The lowest BCUT2D eigenvalue weighted by Gasteiger charge is -2.32. The average Bonchev–Trinajstić information content (AvgIpc) is 2.67. The second-order valence-electron chi connectivity index (χ2n) is 7.63. The first-order valence-electron chi connectivity index (χ1n) is 9.63. The van der Waals surface area contributed by atoms with Gasteiger partial charge in [0.2, 0.25) is 0 Å². The fourth-order valence-corrected chi connectivity index (χ4v) is 3.78. The maximum absolute atomic E-state index is 12.3. The van der Waals surface area contributed by atoms with Gasteiger partial charge in [-0.2, -0.15) is 0 Å². The number of amides is 2. The molecule has 5 nitrogen and oxygen atoms in total. The predicted molar refractivity (Wildman–Crippen MR) is 101 cm³/mol. The van der Waals surface area contributed by atoms with Crippen molar-refractivity contribution in [2.45, 2.75) is 39.2 Å². The number of rotatable bonds is 4. The highest BCUT2D eigenvalue weighted by atomic mass is 16.3. The van der Waals surface area contributed by atoms with Crippen molar-refractivity contribution in [2.24, 2.45) is 11.8 Å². The van der Waals surface area contributed by atoms with Crippen molar-refractivity contribution in [1.29, 1.82) is 0 Å². The average molecular weight is 345 g/mol. The molecule has 2 saturated heterocycles. The molecule has 1 unspecified atom stereocenters. The minimum absolute atomic E-state index is 0.0211. The maximum Gasteiger partial charge on any atom is 0.317 e. The van der Waals surface area contributed by atoms with Crippen molar-refractivity contribution >= 4 is 11.7 Å². The van der Waals surface area contributed by atoms with Crippen molar-refractivity contribution in [2.75, 3.05) is 37.7 Å². The molecule has 0 aliphatic carbocycles. The third-order valence-corrected chi connectivity index (χ3v) is 5.59. The lowest BCUT2D eigenvalue weighted by Crippen LogP contribution is -2.45. The number of nitrogens with one attached hydrogen (secondary N) is 1. The molecular weight excluding hydrogens is 314 g/mol. The molecule has 2 N–H and O–H groups in total. The van der Waals surface area contributed by atoms with Crippen molar-refractivity contribution < 1.29 is 9.90 Å². The molecule has 0 radical (unpaired) electrons. The smallest absolute Gasteiger partial charge is 0.317 e. The van der Waals surface area contributed by atoms with E-state index >= 15 is 0 Å². The lowest BCUT2D eigenvalue weighted by atomic mass is 9.98. The minimum atomic E-state index is -0.0211. The Morgan fingerprint density at radius 1 is 1.16 bits per heavy atom. The Labute approximate surface area is 151 Å². The summed E-state index contributed by atoms with van der Waals surface area (Å²) >= 11 is 0. The summed E-state index contributed by atoms with van der Waals surface area (Å²) in [7, 11) is 0. The lowest BCUT2D eigenvalue weighted by molar-refractivity contribution is 0.129. The second kappa shape index (κ2) is 8.56. The van der Waals surface area contributed by atoms with E-state index in [4.69, 9.17) is 0 Å². The Balaban J connectivity index is 1.47. The van der Waals surface area contributed by atoms with Crippen LogP contribution in [-0.4, -0.2) is 48.8 Å². The zero-order valence-corrected chi connectivity index (χ0v) is 15.3. The summed E-state index contributed by atoms with van der Waals surface area (Å²) in [6, 6.07) is 8.54. The molecular formula is C20H31N3O2. The van der Waals surface area contributed by atoms with Crippen LogP contribution in [-0.2, 0) is 6.54 Å². The number of carbonyl (C=O) groups excluding carboxylic acids is 1. The molecule has 1 aromatic rings. The largest absolute Gasteiger partial charge is 0.396 e. The van der Waals surface area contributed by atoms with Crippen molar-refractivity contribution in [1.82, 2.24) is 10.2 Å². The Bertz CT molecular complexity index is 553. The zero-order valence-electron chi connectivity index (χ0n) is 15.3. The molecule has 0 aromatic heterocycles. The van der Waals surface area contributed by atoms with Crippen LogP contribution in [0.2, 0.25) is 0 Å². The Morgan fingerprint density at radius 2 is 1.88 bits per heavy atom. The predicted octanol–water partition coefficient (Wildman–Crippen LogP) is 2.84. The molecule has 3 rings (SSSR count). The van der Waals surface area contributed by atoms with Gasteiger partial charge in [-0.3, -0.25) is 0 Å². The quantitative estimate of drug-likeness (QED) is 0.882. The molecule has 2 aliphatic rings. The van der Waals surface area contributed by atoms with Gasteiger partial charge in [0, 0.05) is 45.0 Å². The zero-order chi connectivity index (χ0) is 17.6. The van der Waals surface area contributed by atoms with Crippen LogP contribution in [0.1, 0.15) is 38.2 Å². The summed E-state index contributed by atoms with van der Waals surface area (Å²) in [4.78, 5) is 16.6. The van der Waals surface area contributed by atoms with E-state index in [1.807, 2.05) is 4.90 Å². The summed E-state index contributed by atoms with van der Waals surface area (Å²) in [6.07, 6.45) is 4.52. The number of anilines is 1. The third kappa shape index (κ3) is 4.88. The van der Waals surface area contributed by atoms with Gasteiger partial charge >= 0.3 is 6.03 Å². The fourth-order valence-electron chi connectivity index (χ4n) is 3.78. The van der Waals surface area contributed by atoms with Gasteiger partial charge in [-0.1, -0.05) is 19.1 Å². The van der Waals surface area contributed by atoms with E-state index in [2.05, 4.69) is 41.4 Å². The van der Waals surface area contributed by atoms with Crippen LogP contribution in [0.5, 0.6) is 0 Å². The molecule has 2 fully saturated rings. The number of hydrogen-bond acceptors (Lipinski definition) is 3. The summed E-state index contributed by atoms with van der Waals surface area (Å²) < 4.78 is 0. The minimum Gasteiger partial charge on any atom is -0.396 e. The Kier molecular flexibility index (Phi) is 6.19. The molecule has 2 aliphatic heterocycles. The Hall–Kier alpha value is -1.75. The summed E-state index contributed by atoms with van der Waals surface area (Å²) in [6.45, 7) is 6.77. The summed E-state index contributed by atoms with van der Waals surface area (Å²) in [5.41, 5.74) is 2.40. The molecule has 1 aromatic carbocycles. The standard InChI is InChI=1S/C20H31N3O2/c1-16-8-11-22(12-9-16)19-6-4-17(5-7-19)13-21-20(25)23-10-2-3-18(14-23)15-24/h4-7,16,18,24H,2-3,8-15H2,1H3,(H,21,25). The first-order valence-corrected chi connectivity index (χ1v) is 9.63. The van der Waals surface area contributed by atoms with Gasteiger partial charge in [0.1, 0.15) is 0 Å². The summed E-state index contributed by atoms with van der Waals surface area (Å²) in [5, 5.41) is 12.3. The number of benzene rings is 1. The van der Waals surface area contributed by atoms with Gasteiger partial charge in [0.15, 0.2) is 0 Å². The van der Waals surface area contributed by atoms with Crippen molar-refractivity contribution in [3.8, 4) is 0 Å². The highest BCUT2D eigenvalue weighted by molar-refractivity contribution is 5.74. The Morgan fingerprint density at radius 3 is 2.56 bits per heavy atom. The first-order chi connectivity index (χ1) is 12.2. The van der Waals surface area contributed by atoms with Gasteiger partial charge in [-0.25, -0.2) is 4.79 Å². The van der Waals surface area contributed by atoms with Crippen LogP contribution in [0.15, 0.2) is 24.3 Å². The number of likely N-dealkylation sites (tertiary alicyclic amines) is 1. The second-order valence-corrected chi connectivity index (χ2v) is 7.63. The van der Waals surface area contributed by atoms with E-state index in [1.54, 1.807) is 0 Å². The topological polar surface area (TPSA) is 55.8 Å². The number of piperidine rings is 2. The van der Waals surface area contributed by atoms with Crippen LogP contribution in [0.25, 0.3) is 0 Å². The number of urea groups is 1. The van der Waals surface area contributed by atoms with Crippen LogP contribution in [0, 0.1) is 11.8 Å². The number of hydrogen-bond donors (Lipinski definition) is 2. The van der Waals surface area contributed by atoms with Crippen molar-refractivity contribution in [3.63, 3.8) is 0 Å². The molecule has 138 valence electrons. The van der Waals surface area contributed by atoms with Crippen LogP contribution in [0.4, 0.5) is 10.5 Å². The molecule has 5 heteroatoms. The van der Waals surface area contributed by atoms with E-state index in [0.717, 1.165) is 44.0 Å². The van der Waals surface area contributed by atoms with Crippen LogP contribution < -0.4 is 10.2 Å². The number of nitrogens with zero attached hydrogens (tertiary/aromatic N) is 2. The monoisotopic (exact) mass is 345 g/mol. The van der Waals surface area contributed by atoms with E-state index in [9.17, 15) is 9.90 Å². The normalized spacial score (nSPS) is 22.1. The van der Waals surface area contributed by atoms with Gasteiger partial charge in [-0.15, -0.1) is 0 Å². The maximum atomic E-state index is 12.3. The molecule has 0 bridgehead atoms. The highest BCUT2D eigenvalue weighted by Gasteiger charge is 2.22. The van der Waals surface area contributed by atoms with Gasteiger partial charge in [-0.05, 0) is 55.2 Å². The van der Waals surface area contributed by atoms with Gasteiger partial charge in [0.25, 0.3) is 0 Å². The van der Waals surface area contributed by atoms with E-state index in [0.29, 0.717) is 13.1 Å². The molecule has 0 saturated carbocycles. The van der Waals surface area contributed by atoms with Gasteiger partial charge < -0.3 is 20.2 Å².